The van der Waals surface area contributed by atoms with Crippen LogP contribution in [-0.2, 0) is 0 Å². The van der Waals surface area contributed by atoms with Crippen molar-refractivity contribution in [2.75, 3.05) is 27.2 Å². The van der Waals surface area contributed by atoms with Crippen LogP contribution in [0.25, 0.3) is 21.5 Å². The molecule has 0 fully saturated rings. The minimum atomic E-state index is -0.238. The molecule has 3 aromatic rings. The highest BCUT2D eigenvalue weighted by molar-refractivity contribution is 6.31. The molecule has 0 N–H and O–H groups in total. The number of likely N-dealkylation sites (N-methyl/N-ethyl adjacent to an activating group) is 1. The van der Waals surface area contributed by atoms with Crippen LogP contribution in [0.1, 0.15) is 34.6 Å². The lowest BCUT2D eigenvalue weighted by Crippen LogP contribution is -2.45. The minimum Gasteiger partial charge on any atom is -0.496 e. The van der Waals surface area contributed by atoms with Gasteiger partial charge in [0.1, 0.15) is 5.75 Å². The summed E-state index contributed by atoms with van der Waals surface area (Å²) >= 11 is 0. The third-order valence-electron chi connectivity index (χ3n) is 5.70. The first-order chi connectivity index (χ1) is 13.4. The number of rotatable bonds is 5. The van der Waals surface area contributed by atoms with E-state index in [9.17, 15) is 9.59 Å². The molecule has 4 rings (SSSR count). The van der Waals surface area contributed by atoms with Crippen LogP contribution < -0.4 is 4.74 Å². The van der Waals surface area contributed by atoms with Crippen molar-refractivity contribution in [2.45, 2.75) is 19.9 Å². The van der Waals surface area contributed by atoms with Crippen molar-refractivity contribution >= 4 is 33.4 Å². The summed E-state index contributed by atoms with van der Waals surface area (Å²) in [7, 11) is 3.60. The molecule has 0 bridgehead atoms. The Hall–Kier alpha value is -2.92. The maximum Gasteiger partial charge on any atom is 0.262 e. The first-order valence-electron chi connectivity index (χ1n) is 9.53. The molecule has 1 aliphatic rings. The summed E-state index contributed by atoms with van der Waals surface area (Å²) in [6.07, 6.45) is 0. The molecule has 0 radical (unpaired) electrons. The molecule has 0 aliphatic carbocycles. The Labute approximate surface area is 164 Å². The maximum atomic E-state index is 13.5. The first kappa shape index (κ1) is 18.4. The average molecular weight is 376 g/mol. The third kappa shape index (κ3) is 2.74. The lowest BCUT2D eigenvalue weighted by atomic mass is 9.89. The van der Waals surface area contributed by atoms with Crippen molar-refractivity contribution in [1.82, 2.24) is 9.80 Å². The second-order valence-electron chi connectivity index (χ2n) is 7.55. The maximum absolute atomic E-state index is 13.5. The molecule has 0 unspecified atom stereocenters. The van der Waals surface area contributed by atoms with E-state index >= 15 is 0 Å². The minimum absolute atomic E-state index is 0.232. The molecular formula is C23H24N2O3. The Balaban J connectivity index is 1.93. The fraction of sp³-hybridized carbons (Fsp3) is 0.304. The predicted octanol–water partition coefficient (Wildman–Crippen LogP) is 3.94. The summed E-state index contributed by atoms with van der Waals surface area (Å²) in [5, 5.41) is 3.32. The smallest absolute Gasteiger partial charge is 0.262 e. The molecule has 144 valence electrons. The van der Waals surface area contributed by atoms with E-state index in [0.29, 0.717) is 41.4 Å². The Morgan fingerprint density at radius 2 is 1.79 bits per heavy atom. The van der Waals surface area contributed by atoms with Crippen molar-refractivity contribution < 1.29 is 14.3 Å². The van der Waals surface area contributed by atoms with E-state index in [1.165, 1.54) is 4.90 Å². The van der Waals surface area contributed by atoms with Gasteiger partial charge in [-0.1, -0.05) is 24.3 Å². The Kier molecular flexibility index (Phi) is 4.55. The number of fused-ring (bicyclic) bond motifs is 2. The molecule has 3 aromatic carbocycles. The van der Waals surface area contributed by atoms with Crippen molar-refractivity contribution in [1.29, 1.82) is 0 Å². The quantitative estimate of drug-likeness (QED) is 0.500. The number of carbonyl (C=O) groups excluding carboxylic acids is 2. The van der Waals surface area contributed by atoms with Gasteiger partial charge in [0.25, 0.3) is 11.8 Å². The standard InChI is InChI=1S/C23H24N2O3/c1-14(2)24(3)11-12-25-22(26)17-9-10-19(28-4)18-13-15-7-5-6-8-16(15)21(20(17)18)23(25)27/h5-10,13-14H,11-12H2,1-4H3. The van der Waals surface area contributed by atoms with Crippen LogP contribution in [0, 0.1) is 0 Å². The van der Waals surface area contributed by atoms with Crippen molar-refractivity contribution in [3.63, 3.8) is 0 Å². The van der Waals surface area contributed by atoms with E-state index in [4.69, 9.17) is 4.74 Å². The number of nitrogens with zero attached hydrogens (tertiary/aromatic N) is 2. The lowest BCUT2D eigenvalue weighted by molar-refractivity contribution is 0.0593. The van der Waals surface area contributed by atoms with Gasteiger partial charge < -0.3 is 9.64 Å². The van der Waals surface area contributed by atoms with Gasteiger partial charge in [-0.05, 0) is 49.9 Å². The third-order valence-corrected chi connectivity index (χ3v) is 5.70. The van der Waals surface area contributed by atoms with Gasteiger partial charge in [-0.25, -0.2) is 0 Å². The molecule has 0 spiro atoms. The largest absolute Gasteiger partial charge is 0.496 e. The first-order valence-corrected chi connectivity index (χ1v) is 9.53. The van der Waals surface area contributed by atoms with Crippen LogP contribution in [0.5, 0.6) is 5.75 Å². The van der Waals surface area contributed by atoms with Crippen LogP contribution in [-0.4, -0.2) is 54.9 Å². The summed E-state index contributed by atoms with van der Waals surface area (Å²) in [4.78, 5) is 30.1. The predicted molar refractivity (Wildman–Crippen MR) is 111 cm³/mol. The highest BCUT2D eigenvalue weighted by atomic mass is 16.5. The molecule has 5 nitrogen and oxygen atoms in total. The summed E-state index contributed by atoms with van der Waals surface area (Å²) in [5.74, 6) is 0.196. The van der Waals surface area contributed by atoms with Crippen LogP contribution in [0.2, 0.25) is 0 Å². The Bertz CT molecular complexity index is 1100. The van der Waals surface area contributed by atoms with Gasteiger partial charge in [0.05, 0.1) is 12.7 Å². The lowest BCUT2D eigenvalue weighted by Gasteiger charge is -2.31. The van der Waals surface area contributed by atoms with Crippen molar-refractivity contribution in [3.8, 4) is 5.75 Å². The van der Waals surface area contributed by atoms with Gasteiger partial charge in [0, 0.05) is 35.5 Å². The Morgan fingerprint density at radius 1 is 1.04 bits per heavy atom. The fourth-order valence-electron chi connectivity index (χ4n) is 3.82. The molecule has 5 heteroatoms. The Morgan fingerprint density at radius 3 is 2.50 bits per heavy atom. The van der Waals surface area contributed by atoms with E-state index in [1.807, 2.05) is 43.4 Å². The highest BCUT2D eigenvalue weighted by Crippen LogP contribution is 2.39. The topological polar surface area (TPSA) is 49.9 Å². The van der Waals surface area contributed by atoms with Crippen LogP contribution in [0.3, 0.4) is 0 Å². The summed E-state index contributed by atoms with van der Waals surface area (Å²) in [6, 6.07) is 13.7. The molecule has 0 atom stereocenters. The molecule has 0 saturated carbocycles. The number of carbonyl (C=O) groups is 2. The molecule has 2 amide bonds. The van der Waals surface area contributed by atoms with Crippen LogP contribution in [0.4, 0.5) is 0 Å². The number of amides is 2. The molecule has 1 heterocycles. The molecule has 0 saturated heterocycles. The van der Waals surface area contributed by atoms with Gasteiger partial charge in [-0.2, -0.15) is 0 Å². The van der Waals surface area contributed by atoms with Crippen LogP contribution >= 0.6 is 0 Å². The summed E-state index contributed by atoms with van der Waals surface area (Å²) < 4.78 is 5.51. The number of ether oxygens (including phenoxy) is 1. The SMILES string of the molecule is COc1ccc2c3c(c4ccccc4cc13)C(=O)N(CCN(C)C(C)C)C2=O. The van der Waals surface area contributed by atoms with E-state index < -0.39 is 0 Å². The number of imide groups is 1. The number of methoxy groups -OCH3 is 1. The second kappa shape index (κ2) is 6.91. The zero-order chi connectivity index (χ0) is 20.0. The van der Waals surface area contributed by atoms with E-state index in [0.717, 1.165) is 16.2 Å². The van der Waals surface area contributed by atoms with Crippen molar-refractivity contribution in [3.05, 3.63) is 53.6 Å². The normalized spacial score (nSPS) is 14.0. The molecular weight excluding hydrogens is 352 g/mol. The summed E-state index contributed by atoms with van der Waals surface area (Å²) in [5.41, 5.74) is 1.15. The summed E-state index contributed by atoms with van der Waals surface area (Å²) in [6.45, 7) is 5.18. The highest BCUT2D eigenvalue weighted by Gasteiger charge is 2.35. The molecule has 1 aliphatic heterocycles. The number of hydrogen-bond acceptors (Lipinski definition) is 4. The average Bonchev–Trinajstić information content (AvgIpc) is 2.69. The monoisotopic (exact) mass is 376 g/mol. The van der Waals surface area contributed by atoms with Crippen LogP contribution in [0.15, 0.2) is 42.5 Å². The van der Waals surface area contributed by atoms with E-state index in [1.54, 1.807) is 13.2 Å². The number of benzene rings is 3. The zero-order valence-corrected chi connectivity index (χ0v) is 16.7. The fourth-order valence-corrected chi connectivity index (χ4v) is 3.82. The van der Waals surface area contributed by atoms with Crippen molar-refractivity contribution in [2.24, 2.45) is 0 Å². The van der Waals surface area contributed by atoms with Gasteiger partial charge >= 0.3 is 0 Å². The van der Waals surface area contributed by atoms with Gasteiger partial charge in [0.15, 0.2) is 0 Å². The van der Waals surface area contributed by atoms with E-state index in [2.05, 4.69) is 18.7 Å². The van der Waals surface area contributed by atoms with Gasteiger partial charge in [0.2, 0.25) is 0 Å². The van der Waals surface area contributed by atoms with Gasteiger partial charge in [-0.15, -0.1) is 0 Å². The second-order valence-corrected chi connectivity index (χ2v) is 7.55. The molecule has 28 heavy (non-hydrogen) atoms. The van der Waals surface area contributed by atoms with Gasteiger partial charge in [-0.3, -0.25) is 14.5 Å². The molecule has 0 aromatic heterocycles. The zero-order valence-electron chi connectivity index (χ0n) is 16.7. The number of hydrogen-bond donors (Lipinski definition) is 0. The van der Waals surface area contributed by atoms with E-state index in [-0.39, 0.29) is 11.8 Å².